The number of β-amino-alcohol motifs (C(OH)–C–C–N with tert-alkyl or cyclic N) is 1. The number of hydrogen-bond donors (Lipinski definition) is 4. The zero-order valence-corrected chi connectivity index (χ0v) is 40.6. The molecule has 69 heavy (non-hydrogen) atoms. The minimum absolute atomic E-state index is 0.0305. The van der Waals surface area contributed by atoms with Gasteiger partial charge in [-0.15, -0.1) is 11.8 Å². The van der Waals surface area contributed by atoms with Crippen LogP contribution in [0.3, 0.4) is 0 Å². The fourth-order valence-corrected chi connectivity index (χ4v) is 11.7. The van der Waals surface area contributed by atoms with Gasteiger partial charge in [0.15, 0.2) is 0 Å². The highest BCUT2D eigenvalue weighted by atomic mass is 35.5. The highest BCUT2D eigenvalue weighted by Gasteiger charge is 2.48. The topological polar surface area (TPSA) is 160 Å². The van der Waals surface area contributed by atoms with E-state index in [1.54, 1.807) is 24.3 Å². The van der Waals surface area contributed by atoms with Crippen LogP contribution < -0.4 is 14.9 Å². The Balaban J connectivity index is 1.02. The Bertz CT molecular complexity index is 2730. The number of carbonyl (C=O) groups excluding carboxylic acids is 1. The molecule has 370 valence electrons. The van der Waals surface area contributed by atoms with Crippen LogP contribution in [-0.4, -0.2) is 125 Å². The van der Waals surface area contributed by atoms with E-state index in [0.29, 0.717) is 81.9 Å². The Morgan fingerprint density at radius 2 is 1.43 bits per heavy atom. The number of thioether (sulfide) groups is 1. The van der Waals surface area contributed by atoms with Gasteiger partial charge in [0.05, 0.1) is 22.8 Å². The van der Waals surface area contributed by atoms with Crippen molar-refractivity contribution >= 4 is 60.5 Å². The van der Waals surface area contributed by atoms with Gasteiger partial charge in [-0.3, -0.25) is 9.69 Å². The van der Waals surface area contributed by atoms with Gasteiger partial charge in [0.25, 0.3) is 25.8 Å². The van der Waals surface area contributed by atoms with Crippen molar-refractivity contribution in [3.8, 4) is 11.1 Å². The monoisotopic (exact) mass is 1030 g/mol. The van der Waals surface area contributed by atoms with Crippen LogP contribution >= 0.6 is 23.4 Å². The lowest BCUT2D eigenvalue weighted by Gasteiger charge is -2.36. The second kappa shape index (κ2) is 23.0. The standard InChI is InChI=1S/C49H54ClF4N5O7S3/c50-37-14-10-34(11-15-37)43-8-4-5-9-44(43)47(61)35-20-24-59(25-21-35)39-16-12-36(13-17-39)48(62)56-69(65,66)42-18-19-45(46(30-42)68(63,64)49(52,53)54)55-38(33-67-41-6-2-1-3-7-41)22-23-57-26-28-58(29-27-57)32-40(60)31-51/h1-19,30,35,38,40,47,55,60-61H,20-29,31-33H2,(H,56,62)/t38-,40+,47?/m1/s1. The zero-order chi connectivity index (χ0) is 49.3. The Hall–Kier alpha value is -4.73. The summed E-state index contributed by atoms with van der Waals surface area (Å²) in [6.45, 7) is 3.30. The number of anilines is 2. The van der Waals surface area contributed by atoms with Crippen molar-refractivity contribution < 1.29 is 49.4 Å². The van der Waals surface area contributed by atoms with Gasteiger partial charge < -0.3 is 25.3 Å². The van der Waals surface area contributed by atoms with Gasteiger partial charge in [0.1, 0.15) is 11.6 Å². The number of aliphatic hydroxyl groups is 2. The number of aliphatic hydroxyl groups excluding tert-OH is 2. The highest BCUT2D eigenvalue weighted by molar-refractivity contribution is 7.99. The van der Waals surface area contributed by atoms with E-state index < -0.39 is 71.7 Å². The summed E-state index contributed by atoms with van der Waals surface area (Å²) >= 11 is 7.50. The SMILES string of the molecule is O=C(NS(=O)(=O)c1ccc(N[C@H](CCN2CCN(C[C@@H](O)CF)CC2)CSc2ccccc2)c(S(=O)(=O)C(F)(F)F)c1)c1ccc(N2CCC(C(O)c3ccccc3-c3ccc(Cl)cc3)CC2)cc1. The van der Waals surface area contributed by atoms with E-state index in [9.17, 15) is 49.4 Å². The van der Waals surface area contributed by atoms with Crippen LogP contribution in [0.1, 0.15) is 41.3 Å². The number of benzene rings is 5. The molecule has 20 heteroatoms. The van der Waals surface area contributed by atoms with Crippen LogP contribution in [0.4, 0.5) is 28.9 Å². The Kier molecular flexibility index (Phi) is 17.4. The lowest BCUT2D eigenvalue weighted by Crippen LogP contribution is -2.49. The molecule has 3 atom stereocenters. The number of nitrogens with one attached hydrogen (secondary N) is 2. The smallest absolute Gasteiger partial charge is 0.389 e. The Labute approximate surface area is 409 Å². The van der Waals surface area contributed by atoms with Gasteiger partial charge in [-0.1, -0.05) is 66.2 Å². The van der Waals surface area contributed by atoms with E-state index in [2.05, 4.69) is 15.1 Å². The molecule has 4 N–H and O–H groups in total. The number of sulfonamides is 1. The van der Waals surface area contributed by atoms with E-state index in [1.165, 1.54) is 23.9 Å². The third-order valence-electron chi connectivity index (χ3n) is 12.5. The first kappa shape index (κ1) is 52.1. The minimum atomic E-state index is -6.12. The first-order valence-corrected chi connectivity index (χ1v) is 26.8. The first-order chi connectivity index (χ1) is 32.9. The van der Waals surface area contributed by atoms with Crippen molar-refractivity contribution in [2.45, 2.75) is 57.7 Å². The van der Waals surface area contributed by atoms with Gasteiger partial charge in [-0.25, -0.2) is 25.9 Å². The number of hydrogen-bond acceptors (Lipinski definition) is 12. The molecular weight excluding hydrogens is 978 g/mol. The molecule has 1 amide bonds. The summed E-state index contributed by atoms with van der Waals surface area (Å²) < 4.78 is 111. The maximum absolute atomic E-state index is 14.3. The Morgan fingerprint density at radius 1 is 0.797 bits per heavy atom. The van der Waals surface area contributed by atoms with E-state index in [0.717, 1.165) is 39.4 Å². The number of carbonyl (C=O) groups is 1. The zero-order valence-electron chi connectivity index (χ0n) is 37.4. The molecule has 1 unspecified atom stereocenters. The average molecular weight is 1030 g/mol. The summed E-state index contributed by atoms with van der Waals surface area (Å²) in [6.07, 6.45) is -0.112. The fraction of sp³-hybridized carbons (Fsp3) is 0.367. The third-order valence-corrected chi connectivity index (χ3v) is 16.7. The summed E-state index contributed by atoms with van der Waals surface area (Å²) in [5.41, 5.74) is -2.88. The maximum Gasteiger partial charge on any atom is 0.501 e. The normalized spacial score (nSPS) is 17.0. The highest BCUT2D eigenvalue weighted by Crippen LogP contribution is 2.39. The molecule has 0 aromatic heterocycles. The predicted octanol–water partition coefficient (Wildman–Crippen LogP) is 8.28. The molecule has 2 fully saturated rings. The molecule has 0 radical (unpaired) electrons. The summed E-state index contributed by atoms with van der Waals surface area (Å²) in [5, 5.41) is 24.8. The van der Waals surface area contributed by atoms with Gasteiger partial charge >= 0.3 is 5.51 Å². The molecule has 0 bridgehead atoms. The second-order valence-electron chi connectivity index (χ2n) is 17.2. The molecule has 0 saturated carbocycles. The van der Waals surface area contributed by atoms with E-state index in [-0.39, 0.29) is 18.0 Å². The molecule has 0 aliphatic carbocycles. The molecule has 2 aliphatic heterocycles. The number of nitrogens with zero attached hydrogens (tertiary/aromatic N) is 3. The lowest BCUT2D eigenvalue weighted by molar-refractivity contribution is -0.0436. The first-order valence-electron chi connectivity index (χ1n) is 22.5. The van der Waals surface area contributed by atoms with Crippen molar-refractivity contribution in [3.05, 3.63) is 137 Å². The average Bonchev–Trinajstić information content (AvgIpc) is 3.35. The minimum Gasteiger partial charge on any atom is -0.389 e. The van der Waals surface area contributed by atoms with Gasteiger partial charge in [-0.05, 0) is 109 Å². The van der Waals surface area contributed by atoms with E-state index >= 15 is 0 Å². The lowest BCUT2D eigenvalue weighted by atomic mass is 9.84. The fourth-order valence-electron chi connectivity index (χ4n) is 8.59. The third kappa shape index (κ3) is 13.4. The largest absolute Gasteiger partial charge is 0.501 e. The van der Waals surface area contributed by atoms with Crippen molar-refractivity contribution in [3.63, 3.8) is 0 Å². The van der Waals surface area contributed by atoms with Crippen LogP contribution in [0.5, 0.6) is 0 Å². The van der Waals surface area contributed by atoms with Crippen molar-refractivity contribution in [2.75, 3.05) is 75.0 Å². The van der Waals surface area contributed by atoms with Crippen LogP contribution in [-0.2, 0) is 19.9 Å². The molecule has 2 saturated heterocycles. The van der Waals surface area contributed by atoms with E-state index in [1.807, 2.05) is 76.4 Å². The van der Waals surface area contributed by atoms with Crippen LogP contribution in [0, 0.1) is 5.92 Å². The van der Waals surface area contributed by atoms with Crippen LogP contribution in [0.2, 0.25) is 5.02 Å². The number of amides is 1. The summed E-state index contributed by atoms with van der Waals surface area (Å²) in [6, 6.07) is 32.2. The second-order valence-corrected chi connectivity index (χ2v) is 22.3. The quantitative estimate of drug-likeness (QED) is 0.0464. The number of piperazine rings is 1. The van der Waals surface area contributed by atoms with Crippen LogP contribution in [0.15, 0.2) is 136 Å². The number of halogens is 5. The molecule has 2 heterocycles. The summed E-state index contributed by atoms with van der Waals surface area (Å²) in [5.74, 6) is -0.811. The molecule has 2 aliphatic rings. The number of alkyl halides is 4. The molecular formula is C49H54ClF4N5O7S3. The number of sulfone groups is 1. The van der Waals surface area contributed by atoms with E-state index in [4.69, 9.17) is 11.6 Å². The van der Waals surface area contributed by atoms with Crippen molar-refractivity contribution in [1.29, 1.82) is 0 Å². The molecule has 0 spiro atoms. The van der Waals surface area contributed by atoms with Crippen molar-refractivity contribution in [1.82, 2.24) is 14.5 Å². The molecule has 5 aromatic carbocycles. The van der Waals surface area contributed by atoms with Gasteiger partial charge in [0.2, 0.25) is 0 Å². The molecule has 12 nitrogen and oxygen atoms in total. The summed E-state index contributed by atoms with van der Waals surface area (Å²) in [7, 11) is -11.0. The maximum atomic E-state index is 14.3. The van der Waals surface area contributed by atoms with Crippen molar-refractivity contribution in [2.24, 2.45) is 5.92 Å². The number of rotatable bonds is 19. The molecule has 5 aromatic rings. The Morgan fingerprint density at radius 3 is 2.09 bits per heavy atom. The van der Waals surface area contributed by atoms with Crippen LogP contribution in [0.25, 0.3) is 11.1 Å². The van der Waals surface area contributed by atoms with Gasteiger partial charge in [0, 0.05) is 85.3 Å². The number of piperidine rings is 1. The summed E-state index contributed by atoms with van der Waals surface area (Å²) in [4.78, 5) is 18.2. The predicted molar refractivity (Wildman–Crippen MR) is 262 cm³/mol. The van der Waals surface area contributed by atoms with Gasteiger partial charge in [-0.2, -0.15) is 13.2 Å². The molecule has 7 rings (SSSR count).